The molecule has 6 heteroatoms. The van der Waals surface area contributed by atoms with Crippen molar-refractivity contribution in [2.45, 2.75) is 328 Å². The second kappa shape index (κ2) is 57.5. The molecule has 3 atom stereocenters. The summed E-state index contributed by atoms with van der Waals surface area (Å²) in [6, 6.07) is -0.722. The van der Waals surface area contributed by atoms with E-state index in [1.54, 1.807) is 0 Å². The van der Waals surface area contributed by atoms with E-state index >= 15 is 0 Å². The van der Waals surface area contributed by atoms with Gasteiger partial charge in [-0.3, -0.25) is 9.59 Å². The third kappa shape index (κ3) is 51.9. The van der Waals surface area contributed by atoms with Crippen LogP contribution in [0.4, 0.5) is 0 Å². The molecule has 1 amide bonds. The average molecular weight is 981 g/mol. The Kier molecular flexibility index (Phi) is 55.5. The van der Waals surface area contributed by atoms with Crippen molar-refractivity contribution < 1.29 is 24.5 Å². The second-order valence-corrected chi connectivity index (χ2v) is 20.7. The van der Waals surface area contributed by atoms with E-state index in [-0.39, 0.29) is 24.9 Å². The molecule has 0 fully saturated rings. The molecule has 0 aromatic carbocycles. The van der Waals surface area contributed by atoms with E-state index in [4.69, 9.17) is 4.74 Å². The number of amides is 1. The minimum absolute atomic E-state index is 0.0386. The number of hydrogen-bond donors (Lipinski definition) is 3. The monoisotopic (exact) mass is 980 g/mol. The predicted molar refractivity (Wildman–Crippen MR) is 305 cm³/mol. The topological polar surface area (TPSA) is 95.9 Å². The number of nitrogens with one attached hydrogen (secondary N) is 1. The van der Waals surface area contributed by atoms with Gasteiger partial charge in [0.25, 0.3) is 0 Å². The Morgan fingerprint density at radius 2 is 0.743 bits per heavy atom. The first kappa shape index (κ1) is 67.6. The number of carbonyl (C=O) groups excluding carboxylic acids is 2. The van der Waals surface area contributed by atoms with E-state index in [0.29, 0.717) is 19.3 Å². The highest BCUT2D eigenvalue weighted by Crippen LogP contribution is 2.18. The van der Waals surface area contributed by atoms with Crippen LogP contribution in [0.3, 0.4) is 0 Å². The summed E-state index contributed by atoms with van der Waals surface area (Å²) >= 11 is 0. The van der Waals surface area contributed by atoms with E-state index in [2.05, 4.69) is 86.8 Å². The molecule has 3 N–H and O–H groups in total. The van der Waals surface area contributed by atoms with Gasteiger partial charge in [-0.2, -0.15) is 0 Å². The van der Waals surface area contributed by atoms with Crippen LogP contribution >= 0.6 is 0 Å². The standard InChI is InChI=1S/C64H117NO5/c1-4-7-10-13-16-19-22-25-28-31-34-37-40-43-46-49-52-55-60(70-64(69)57-54-51-48-45-42-39-36-33-30-27-24-21-18-15-12-9-6-3)58-63(68)65-61(59-66)62(67)56-53-50-47-44-41-38-35-32-29-26-23-20-17-14-11-8-5-2/h16,19,25,27-28,30,34,37,43,46,60-62,66-67H,4-15,17-18,20-24,26,29,31-33,35-36,38-42,44-45,47-59H2,1-3H3,(H,65,68)/b19-16-,28-25-,30-27+,37-34-,46-43-. The maximum Gasteiger partial charge on any atom is 0.306 e. The molecular formula is C64H117NO5. The summed E-state index contributed by atoms with van der Waals surface area (Å²) in [5, 5.41) is 23.9. The van der Waals surface area contributed by atoms with Gasteiger partial charge < -0.3 is 20.3 Å². The van der Waals surface area contributed by atoms with Crippen molar-refractivity contribution in [2.75, 3.05) is 6.61 Å². The fraction of sp³-hybridized carbons (Fsp3) is 0.812. The molecule has 0 bridgehead atoms. The van der Waals surface area contributed by atoms with Crippen molar-refractivity contribution in [1.82, 2.24) is 5.32 Å². The number of unbranched alkanes of at least 4 members (excludes halogenated alkanes) is 33. The average Bonchev–Trinajstić information content (AvgIpc) is 3.35. The number of ether oxygens (including phenoxy) is 1. The zero-order valence-electron chi connectivity index (χ0n) is 46.7. The Labute approximate surface area is 435 Å². The predicted octanol–water partition coefficient (Wildman–Crippen LogP) is 19.1. The summed E-state index contributed by atoms with van der Waals surface area (Å²) in [6.07, 6.45) is 72.9. The van der Waals surface area contributed by atoms with Crippen LogP contribution in [0.1, 0.15) is 310 Å². The molecule has 0 aliphatic carbocycles. The number of esters is 1. The van der Waals surface area contributed by atoms with Gasteiger partial charge in [0.1, 0.15) is 6.10 Å². The third-order valence-electron chi connectivity index (χ3n) is 13.8. The highest BCUT2D eigenvalue weighted by atomic mass is 16.5. The van der Waals surface area contributed by atoms with E-state index in [9.17, 15) is 19.8 Å². The van der Waals surface area contributed by atoms with Crippen LogP contribution < -0.4 is 5.32 Å². The minimum Gasteiger partial charge on any atom is -0.462 e. The molecule has 0 saturated carbocycles. The van der Waals surface area contributed by atoms with Crippen LogP contribution in [0, 0.1) is 0 Å². The molecule has 3 unspecified atom stereocenters. The lowest BCUT2D eigenvalue weighted by Gasteiger charge is -2.24. The van der Waals surface area contributed by atoms with E-state index in [0.717, 1.165) is 70.6 Å². The van der Waals surface area contributed by atoms with Crippen molar-refractivity contribution in [3.05, 3.63) is 60.8 Å². The van der Waals surface area contributed by atoms with Crippen LogP contribution in [-0.4, -0.2) is 46.9 Å². The molecule has 0 heterocycles. The van der Waals surface area contributed by atoms with E-state index in [1.165, 1.54) is 193 Å². The molecule has 0 aliphatic rings. The quantitative estimate of drug-likeness (QED) is 0.0321. The number of hydrogen-bond acceptors (Lipinski definition) is 5. The van der Waals surface area contributed by atoms with Crippen LogP contribution in [0.5, 0.6) is 0 Å². The first-order valence-electron chi connectivity index (χ1n) is 30.5. The van der Waals surface area contributed by atoms with Crippen LogP contribution in [0.25, 0.3) is 0 Å². The van der Waals surface area contributed by atoms with Gasteiger partial charge in [-0.15, -0.1) is 0 Å². The molecule has 0 aromatic rings. The Morgan fingerprint density at radius 3 is 1.17 bits per heavy atom. The van der Waals surface area contributed by atoms with Gasteiger partial charge in [-0.25, -0.2) is 0 Å². The van der Waals surface area contributed by atoms with Gasteiger partial charge in [0.2, 0.25) is 5.91 Å². The number of aliphatic hydroxyl groups excluding tert-OH is 2. The first-order valence-corrected chi connectivity index (χ1v) is 30.5. The van der Waals surface area contributed by atoms with Crippen LogP contribution in [0.15, 0.2) is 60.8 Å². The molecule has 6 nitrogen and oxygen atoms in total. The molecular weight excluding hydrogens is 863 g/mol. The second-order valence-electron chi connectivity index (χ2n) is 20.7. The fourth-order valence-corrected chi connectivity index (χ4v) is 9.18. The number of carbonyl (C=O) groups is 2. The van der Waals surface area contributed by atoms with Gasteiger partial charge in [0.15, 0.2) is 0 Å². The largest absolute Gasteiger partial charge is 0.462 e. The summed E-state index contributed by atoms with van der Waals surface area (Å²) in [6.45, 7) is 6.47. The summed E-state index contributed by atoms with van der Waals surface area (Å²) in [5.41, 5.74) is 0. The van der Waals surface area contributed by atoms with Crippen molar-refractivity contribution in [3.8, 4) is 0 Å². The minimum atomic E-state index is -0.805. The zero-order chi connectivity index (χ0) is 50.9. The van der Waals surface area contributed by atoms with Gasteiger partial charge >= 0.3 is 5.97 Å². The summed E-state index contributed by atoms with van der Waals surface area (Å²) < 4.78 is 5.94. The number of rotatable bonds is 55. The van der Waals surface area contributed by atoms with Gasteiger partial charge in [-0.1, -0.05) is 268 Å². The van der Waals surface area contributed by atoms with Gasteiger partial charge in [-0.05, 0) is 89.9 Å². The lowest BCUT2D eigenvalue weighted by Crippen LogP contribution is -2.46. The maximum atomic E-state index is 13.3. The number of allylic oxidation sites excluding steroid dienone is 10. The summed E-state index contributed by atoms with van der Waals surface area (Å²) in [5.74, 6) is -0.523. The maximum absolute atomic E-state index is 13.3. The van der Waals surface area contributed by atoms with Crippen molar-refractivity contribution in [3.63, 3.8) is 0 Å². The smallest absolute Gasteiger partial charge is 0.306 e. The molecule has 70 heavy (non-hydrogen) atoms. The first-order chi connectivity index (χ1) is 34.5. The fourth-order valence-electron chi connectivity index (χ4n) is 9.18. The van der Waals surface area contributed by atoms with Crippen LogP contribution in [0.2, 0.25) is 0 Å². The Hall–Kier alpha value is -2.44. The molecule has 408 valence electrons. The Bertz CT molecular complexity index is 1240. The van der Waals surface area contributed by atoms with Crippen LogP contribution in [-0.2, 0) is 14.3 Å². The summed E-state index contributed by atoms with van der Waals surface area (Å²) in [7, 11) is 0. The molecule has 0 radical (unpaired) electrons. The Balaban J connectivity index is 4.62. The van der Waals surface area contributed by atoms with Gasteiger partial charge in [0.05, 0.1) is 25.2 Å². The molecule has 0 spiro atoms. The third-order valence-corrected chi connectivity index (χ3v) is 13.8. The SMILES string of the molecule is CCCCC/C=C\C/C=C\C/C=C\C/C=C\CCCC(CC(=O)NC(CO)C(O)CCCCCCCCCCCCCCCCCCC)OC(=O)CCCCCCCCC/C=C/CCCCCCCC. The van der Waals surface area contributed by atoms with E-state index in [1.807, 2.05) is 0 Å². The van der Waals surface area contributed by atoms with Crippen molar-refractivity contribution in [2.24, 2.45) is 0 Å². The van der Waals surface area contributed by atoms with E-state index < -0.39 is 18.2 Å². The lowest BCUT2D eigenvalue weighted by atomic mass is 10.0. The van der Waals surface area contributed by atoms with Crippen molar-refractivity contribution >= 4 is 11.9 Å². The van der Waals surface area contributed by atoms with Gasteiger partial charge in [0, 0.05) is 6.42 Å². The molecule has 0 saturated heterocycles. The lowest BCUT2D eigenvalue weighted by molar-refractivity contribution is -0.151. The highest BCUT2D eigenvalue weighted by Gasteiger charge is 2.24. The molecule has 0 aromatic heterocycles. The molecule has 0 aliphatic heterocycles. The highest BCUT2D eigenvalue weighted by molar-refractivity contribution is 5.77. The summed E-state index contributed by atoms with van der Waals surface area (Å²) in [4.78, 5) is 26.3. The number of aliphatic hydroxyl groups is 2. The van der Waals surface area contributed by atoms with Crippen molar-refractivity contribution in [1.29, 1.82) is 0 Å². The zero-order valence-corrected chi connectivity index (χ0v) is 46.7. The molecule has 0 rings (SSSR count). The normalized spacial score (nSPS) is 13.5. The Morgan fingerprint density at radius 1 is 0.414 bits per heavy atom.